The number of alkyl halides is 2. The zero-order valence-corrected chi connectivity index (χ0v) is 9.58. The number of hydrogen-bond acceptors (Lipinski definition) is 1. The van der Waals surface area contributed by atoms with Crippen molar-refractivity contribution in [3.8, 4) is 0 Å². The van der Waals surface area contributed by atoms with Crippen molar-refractivity contribution in [2.24, 2.45) is 0 Å². The maximum absolute atomic E-state index is 5.73. The van der Waals surface area contributed by atoms with Gasteiger partial charge in [0.1, 0.15) is 0 Å². The molecule has 0 N–H and O–H groups in total. The lowest BCUT2D eigenvalue weighted by Gasteiger charge is -2.08. The Morgan fingerprint density at radius 2 is 1.69 bits per heavy atom. The maximum Gasteiger partial charge on any atom is 0.0354 e. The van der Waals surface area contributed by atoms with Crippen LogP contribution in [0, 0.1) is 0 Å². The molecule has 0 aromatic heterocycles. The maximum atomic E-state index is 5.73. The van der Waals surface area contributed by atoms with Crippen LogP contribution in [0.3, 0.4) is 0 Å². The third-order valence-corrected chi connectivity index (χ3v) is 4.09. The van der Waals surface area contributed by atoms with Gasteiger partial charge in [0.25, 0.3) is 0 Å². The summed E-state index contributed by atoms with van der Waals surface area (Å²) < 4.78 is 0. The first-order valence-corrected chi connectivity index (χ1v) is 6.26. The topological polar surface area (TPSA) is 0 Å². The average Bonchev–Trinajstić information content (AvgIpc) is 2.21. The summed E-state index contributed by atoms with van der Waals surface area (Å²) in [5.74, 6) is 2.24. The van der Waals surface area contributed by atoms with Crippen molar-refractivity contribution in [2.45, 2.75) is 11.0 Å². The van der Waals surface area contributed by atoms with Crippen LogP contribution in [0.5, 0.6) is 0 Å². The summed E-state index contributed by atoms with van der Waals surface area (Å²) >= 11 is 13.3. The molecule has 0 spiro atoms. The fourth-order valence-electron chi connectivity index (χ4n) is 0.919. The molecule has 0 heterocycles. The molecule has 13 heavy (non-hydrogen) atoms. The third-order valence-electron chi connectivity index (χ3n) is 1.67. The van der Waals surface area contributed by atoms with Crippen LogP contribution in [0.15, 0.2) is 30.3 Å². The van der Waals surface area contributed by atoms with Gasteiger partial charge < -0.3 is 0 Å². The van der Waals surface area contributed by atoms with E-state index in [2.05, 4.69) is 12.1 Å². The minimum atomic E-state index is 0.364. The number of thioether (sulfide) groups is 1. The SMILES string of the molecule is ClCC(CCl)SCc1ccccc1. The Hall–Kier alpha value is 0.150. The van der Waals surface area contributed by atoms with E-state index in [0.29, 0.717) is 17.0 Å². The van der Waals surface area contributed by atoms with Crippen LogP contribution in [-0.2, 0) is 5.75 Å². The molecule has 0 aliphatic carbocycles. The number of halogens is 2. The van der Waals surface area contributed by atoms with Crippen LogP contribution in [0.4, 0.5) is 0 Å². The van der Waals surface area contributed by atoms with Crippen LogP contribution in [0.2, 0.25) is 0 Å². The van der Waals surface area contributed by atoms with Gasteiger partial charge in [0, 0.05) is 22.8 Å². The standard InChI is InChI=1S/C10H12Cl2S/c11-6-10(7-12)13-8-9-4-2-1-3-5-9/h1-5,10H,6-8H2. The van der Waals surface area contributed by atoms with E-state index in [1.54, 1.807) is 0 Å². The van der Waals surface area contributed by atoms with Crippen molar-refractivity contribution >= 4 is 35.0 Å². The Balaban J connectivity index is 2.34. The highest BCUT2D eigenvalue weighted by Crippen LogP contribution is 2.19. The number of rotatable bonds is 5. The molecule has 0 nitrogen and oxygen atoms in total. The molecule has 0 aliphatic rings. The molecule has 3 heteroatoms. The van der Waals surface area contributed by atoms with E-state index in [-0.39, 0.29) is 0 Å². The molecule has 0 atom stereocenters. The summed E-state index contributed by atoms with van der Waals surface area (Å²) in [7, 11) is 0. The predicted octanol–water partition coefficient (Wildman–Crippen LogP) is 3.77. The Kier molecular flexibility index (Phi) is 5.68. The van der Waals surface area contributed by atoms with Gasteiger partial charge in [-0.2, -0.15) is 11.8 Å². The zero-order chi connectivity index (χ0) is 9.52. The van der Waals surface area contributed by atoms with Crippen molar-refractivity contribution in [2.75, 3.05) is 11.8 Å². The summed E-state index contributed by atoms with van der Waals surface area (Å²) in [5, 5.41) is 0.364. The van der Waals surface area contributed by atoms with Crippen LogP contribution in [-0.4, -0.2) is 17.0 Å². The van der Waals surface area contributed by atoms with Gasteiger partial charge in [0.2, 0.25) is 0 Å². The molecule has 1 aromatic carbocycles. The zero-order valence-electron chi connectivity index (χ0n) is 7.25. The Bertz CT molecular complexity index is 222. The highest BCUT2D eigenvalue weighted by Gasteiger charge is 2.05. The second-order valence-corrected chi connectivity index (χ2v) is 4.63. The van der Waals surface area contributed by atoms with Crippen molar-refractivity contribution in [3.63, 3.8) is 0 Å². The van der Waals surface area contributed by atoms with Crippen LogP contribution in [0.1, 0.15) is 5.56 Å². The van der Waals surface area contributed by atoms with Crippen LogP contribution < -0.4 is 0 Å². The van der Waals surface area contributed by atoms with Gasteiger partial charge in [-0.1, -0.05) is 30.3 Å². The van der Waals surface area contributed by atoms with E-state index in [1.165, 1.54) is 5.56 Å². The highest BCUT2D eigenvalue weighted by molar-refractivity contribution is 7.99. The van der Waals surface area contributed by atoms with Gasteiger partial charge >= 0.3 is 0 Å². The summed E-state index contributed by atoms with van der Waals surface area (Å²) in [5.41, 5.74) is 1.33. The lowest BCUT2D eigenvalue weighted by atomic mass is 10.2. The van der Waals surface area contributed by atoms with E-state index in [1.807, 2.05) is 30.0 Å². The molecule has 0 amide bonds. The Labute approximate surface area is 93.6 Å². The first-order chi connectivity index (χ1) is 6.36. The monoisotopic (exact) mass is 234 g/mol. The molecule has 0 fully saturated rings. The Morgan fingerprint density at radius 3 is 2.23 bits per heavy atom. The predicted molar refractivity (Wildman–Crippen MR) is 63.0 cm³/mol. The molecule has 0 bridgehead atoms. The van der Waals surface area contributed by atoms with Gasteiger partial charge in [-0.3, -0.25) is 0 Å². The highest BCUT2D eigenvalue weighted by atomic mass is 35.5. The first kappa shape index (κ1) is 11.2. The number of hydrogen-bond donors (Lipinski definition) is 0. The molecule has 0 unspecified atom stereocenters. The van der Waals surface area contributed by atoms with Gasteiger partial charge in [0.15, 0.2) is 0 Å². The summed E-state index contributed by atoms with van der Waals surface area (Å²) in [6.07, 6.45) is 0. The molecular formula is C10H12Cl2S. The fraction of sp³-hybridized carbons (Fsp3) is 0.400. The van der Waals surface area contributed by atoms with Crippen LogP contribution >= 0.6 is 35.0 Å². The van der Waals surface area contributed by atoms with E-state index < -0.39 is 0 Å². The van der Waals surface area contributed by atoms with Gasteiger partial charge in [-0.25, -0.2) is 0 Å². The molecule has 0 saturated carbocycles. The minimum Gasteiger partial charge on any atom is -0.151 e. The van der Waals surface area contributed by atoms with Crippen molar-refractivity contribution in [1.82, 2.24) is 0 Å². The number of benzene rings is 1. The van der Waals surface area contributed by atoms with E-state index in [9.17, 15) is 0 Å². The lowest BCUT2D eigenvalue weighted by Crippen LogP contribution is -2.06. The van der Waals surface area contributed by atoms with Crippen molar-refractivity contribution in [3.05, 3.63) is 35.9 Å². The van der Waals surface area contributed by atoms with Crippen LogP contribution in [0.25, 0.3) is 0 Å². The molecule has 72 valence electrons. The van der Waals surface area contributed by atoms with E-state index in [0.717, 1.165) is 5.75 Å². The minimum absolute atomic E-state index is 0.364. The molecule has 0 saturated heterocycles. The summed E-state index contributed by atoms with van der Waals surface area (Å²) in [6.45, 7) is 0. The van der Waals surface area contributed by atoms with Gasteiger partial charge in [-0.05, 0) is 5.56 Å². The van der Waals surface area contributed by atoms with Crippen molar-refractivity contribution < 1.29 is 0 Å². The van der Waals surface area contributed by atoms with Gasteiger partial charge in [-0.15, -0.1) is 23.2 Å². The molecule has 0 radical (unpaired) electrons. The quantitative estimate of drug-likeness (QED) is 0.700. The molecule has 1 rings (SSSR count). The van der Waals surface area contributed by atoms with E-state index in [4.69, 9.17) is 23.2 Å². The van der Waals surface area contributed by atoms with Gasteiger partial charge in [0.05, 0.1) is 0 Å². The Morgan fingerprint density at radius 1 is 1.08 bits per heavy atom. The first-order valence-electron chi connectivity index (χ1n) is 4.14. The van der Waals surface area contributed by atoms with Crippen molar-refractivity contribution in [1.29, 1.82) is 0 Å². The molecular weight excluding hydrogens is 223 g/mol. The summed E-state index contributed by atoms with van der Waals surface area (Å²) in [4.78, 5) is 0. The van der Waals surface area contributed by atoms with E-state index >= 15 is 0 Å². The lowest BCUT2D eigenvalue weighted by molar-refractivity contribution is 1.13. The average molecular weight is 235 g/mol. The molecule has 0 aliphatic heterocycles. The normalized spacial score (nSPS) is 10.7. The fourth-order valence-corrected chi connectivity index (χ4v) is 2.58. The molecule has 1 aromatic rings. The smallest absolute Gasteiger partial charge is 0.0354 e. The largest absolute Gasteiger partial charge is 0.151 e. The second kappa shape index (κ2) is 6.58. The summed E-state index contributed by atoms with van der Waals surface area (Å²) in [6, 6.07) is 10.4. The second-order valence-electron chi connectivity index (χ2n) is 2.73. The third kappa shape index (κ3) is 4.26.